The summed E-state index contributed by atoms with van der Waals surface area (Å²) >= 11 is 0.299. The number of carbonyl (C=O) groups is 1. The zero-order chi connectivity index (χ0) is 13.5. The van der Waals surface area contributed by atoms with Crippen molar-refractivity contribution in [3.8, 4) is 0 Å². The molecule has 2 aliphatic heterocycles. The Hall–Kier alpha value is -0.790. The van der Waals surface area contributed by atoms with E-state index in [1.807, 2.05) is 6.92 Å². The molecule has 1 aromatic rings. The molecule has 102 valence electrons. The number of carboxylic acid groups (broad SMARTS) is 1. The fraction of sp³-hybridized carbons (Fsp3) is 0.429. The number of aryl methyl sites for hydroxylation is 1. The average molecular weight is 374 g/mol. The van der Waals surface area contributed by atoms with E-state index in [0.29, 0.717) is 27.3 Å². The van der Waals surface area contributed by atoms with Crippen LogP contribution in [0.5, 0.6) is 0 Å². The molecule has 3 rings (SSSR count). The smallest absolute Gasteiger partial charge is 0.340 e. The first kappa shape index (κ1) is 13.2. The molecule has 19 heavy (non-hydrogen) atoms. The van der Waals surface area contributed by atoms with Crippen LogP contribution in [0.4, 0.5) is 0 Å². The Morgan fingerprint density at radius 1 is 1.53 bits per heavy atom. The summed E-state index contributed by atoms with van der Waals surface area (Å²) in [7, 11) is 0. The molecule has 0 aromatic heterocycles. The molecular formula is C14H15IO4. The summed E-state index contributed by atoms with van der Waals surface area (Å²) in [6, 6.07) is 6.39. The van der Waals surface area contributed by atoms with Crippen molar-refractivity contribution in [2.45, 2.75) is 19.1 Å². The van der Waals surface area contributed by atoms with E-state index in [1.165, 1.54) is 9.99 Å². The molecule has 5 heteroatoms. The maximum atomic E-state index is 11.2. The molecular weight excluding hydrogens is 359 g/mol. The fourth-order valence-electron chi connectivity index (χ4n) is 1.96. The SMILES string of the molecule is Cc1ccc(C2=IC2)cc1COC1(C(=O)O)COC1. The van der Waals surface area contributed by atoms with Crippen molar-refractivity contribution >= 4 is 30.2 Å². The number of rotatable bonds is 5. The lowest BCUT2D eigenvalue weighted by atomic mass is 10.0. The summed E-state index contributed by atoms with van der Waals surface area (Å²) in [6.45, 7) is 2.65. The second kappa shape index (κ2) is 4.96. The van der Waals surface area contributed by atoms with E-state index in [4.69, 9.17) is 9.47 Å². The predicted octanol–water partition coefficient (Wildman–Crippen LogP) is 1.87. The van der Waals surface area contributed by atoms with Gasteiger partial charge in [-0.2, -0.15) is 0 Å². The van der Waals surface area contributed by atoms with Gasteiger partial charge in [-0.05, 0) is 33.2 Å². The number of hydrogen-bond donors (Lipinski definition) is 1. The van der Waals surface area contributed by atoms with Gasteiger partial charge in [0.2, 0.25) is 5.60 Å². The summed E-state index contributed by atoms with van der Waals surface area (Å²) in [4.78, 5) is 11.2. The topological polar surface area (TPSA) is 55.8 Å². The molecule has 0 atom stereocenters. The van der Waals surface area contributed by atoms with Crippen molar-refractivity contribution in [3.05, 3.63) is 34.9 Å². The molecule has 0 bridgehead atoms. The molecule has 4 nitrogen and oxygen atoms in total. The van der Waals surface area contributed by atoms with Gasteiger partial charge in [-0.3, -0.25) is 0 Å². The van der Waals surface area contributed by atoms with Gasteiger partial charge in [-0.25, -0.2) is 4.79 Å². The number of halogens is 1. The minimum absolute atomic E-state index is 0.143. The monoisotopic (exact) mass is 374 g/mol. The van der Waals surface area contributed by atoms with Crippen LogP contribution in [0, 0.1) is 6.92 Å². The number of hydrogen-bond acceptors (Lipinski definition) is 3. The Morgan fingerprint density at radius 3 is 2.79 bits per heavy atom. The van der Waals surface area contributed by atoms with Crippen LogP contribution in [-0.2, 0) is 20.9 Å². The molecule has 0 aliphatic carbocycles. The number of alkyl halides is 1. The standard InChI is InChI=1S/C14H15IO4/c1-9-2-3-10(12-5-15-12)4-11(9)6-19-14(13(16)17)7-18-8-14/h2-4H,5-8H2,1H3,(H,16,17). The van der Waals surface area contributed by atoms with Crippen LogP contribution in [0.2, 0.25) is 0 Å². The Balaban J connectivity index is 1.74. The average Bonchev–Trinajstić information content (AvgIpc) is 3.13. The van der Waals surface area contributed by atoms with Crippen LogP contribution < -0.4 is 0 Å². The Bertz CT molecular complexity index is 561. The number of aliphatic carboxylic acids is 1. The molecule has 2 aliphatic rings. The molecule has 0 unspecified atom stereocenters. The van der Waals surface area contributed by atoms with Crippen molar-refractivity contribution in [1.29, 1.82) is 0 Å². The van der Waals surface area contributed by atoms with Crippen molar-refractivity contribution in [1.82, 2.24) is 0 Å². The highest BCUT2D eigenvalue weighted by atomic mass is 127. The molecule has 0 amide bonds. The minimum atomic E-state index is -1.14. The molecule has 1 aromatic carbocycles. The summed E-state index contributed by atoms with van der Waals surface area (Å²) < 4.78 is 13.5. The third-order valence-corrected chi connectivity index (χ3v) is 5.64. The van der Waals surface area contributed by atoms with Gasteiger partial charge in [0.05, 0.1) is 19.8 Å². The van der Waals surface area contributed by atoms with Gasteiger partial charge in [0, 0.05) is 4.43 Å². The van der Waals surface area contributed by atoms with Crippen molar-refractivity contribution in [2.75, 3.05) is 17.6 Å². The molecule has 0 spiro atoms. The lowest BCUT2D eigenvalue weighted by Crippen LogP contribution is -2.57. The van der Waals surface area contributed by atoms with Crippen molar-refractivity contribution < 1.29 is 19.4 Å². The summed E-state index contributed by atoms with van der Waals surface area (Å²) in [6.07, 6.45) is 0. The fourth-order valence-corrected chi connectivity index (χ4v) is 3.36. The number of carboxylic acids is 1. The second-order valence-electron chi connectivity index (χ2n) is 4.89. The summed E-state index contributed by atoms with van der Waals surface area (Å²) in [5.41, 5.74) is 2.39. The maximum absolute atomic E-state index is 11.2. The molecule has 2 heterocycles. The van der Waals surface area contributed by atoms with E-state index in [1.54, 1.807) is 3.51 Å². The molecule has 1 saturated heterocycles. The van der Waals surface area contributed by atoms with Crippen LogP contribution >= 0.6 is 20.7 Å². The van der Waals surface area contributed by atoms with E-state index in [2.05, 4.69) is 18.2 Å². The van der Waals surface area contributed by atoms with E-state index < -0.39 is 11.6 Å². The predicted molar refractivity (Wildman–Crippen MR) is 80.1 cm³/mol. The van der Waals surface area contributed by atoms with Gasteiger partial charge >= 0.3 is 5.97 Å². The summed E-state index contributed by atoms with van der Waals surface area (Å²) in [5.74, 6) is -0.935. The number of ether oxygens (including phenoxy) is 2. The molecule has 1 N–H and O–H groups in total. The van der Waals surface area contributed by atoms with E-state index in [-0.39, 0.29) is 13.2 Å². The molecule has 1 fully saturated rings. The highest BCUT2D eigenvalue weighted by molar-refractivity contribution is 14.2. The molecule has 0 radical (unpaired) electrons. The van der Waals surface area contributed by atoms with Crippen LogP contribution in [0.1, 0.15) is 16.7 Å². The summed E-state index contributed by atoms with van der Waals surface area (Å²) in [5, 5.41) is 9.18. The van der Waals surface area contributed by atoms with Gasteiger partial charge in [0.1, 0.15) is 0 Å². The first-order valence-electron chi connectivity index (χ1n) is 6.11. The normalized spacial score (nSPS) is 19.9. The van der Waals surface area contributed by atoms with Crippen molar-refractivity contribution in [2.24, 2.45) is 0 Å². The number of benzene rings is 1. The van der Waals surface area contributed by atoms with Gasteiger partial charge in [-0.1, -0.05) is 12.1 Å². The van der Waals surface area contributed by atoms with Crippen LogP contribution in [0.15, 0.2) is 18.2 Å². The highest BCUT2D eigenvalue weighted by Gasteiger charge is 2.47. The lowest BCUT2D eigenvalue weighted by molar-refractivity contribution is -0.228. The Labute approximate surface area is 121 Å². The molecule has 0 saturated carbocycles. The van der Waals surface area contributed by atoms with E-state index >= 15 is 0 Å². The maximum Gasteiger partial charge on any atom is 0.340 e. The Morgan fingerprint density at radius 2 is 2.26 bits per heavy atom. The van der Waals surface area contributed by atoms with E-state index in [9.17, 15) is 9.90 Å². The van der Waals surface area contributed by atoms with Crippen LogP contribution in [0.3, 0.4) is 0 Å². The van der Waals surface area contributed by atoms with E-state index in [0.717, 1.165) is 11.1 Å². The lowest BCUT2D eigenvalue weighted by Gasteiger charge is -2.37. The van der Waals surface area contributed by atoms with Gasteiger partial charge < -0.3 is 14.6 Å². The third-order valence-electron chi connectivity index (χ3n) is 3.49. The zero-order valence-electron chi connectivity index (χ0n) is 10.6. The minimum Gasteiger partial charge on any atom is -0.479 e. The van der Waals surface area contributed by atoms with Gasteiger partial charge in [-0.15, -0.1) is 20.7 Å². The zero-order valence-corrected chi connectivity index (χ0v) is 12.8. The van der Waals surface area contributed by atoms with Crippen LogP contribution in [-0.4, -0.2) is 37.8 Å². The van der Waals surface area contributed by atoms with Crippen molar-refractivity contribution in [3.63, 3.8) is 0 Å². The Kier molecular flexibility index (Phi) is 3.44. The second-order valence-corrected chi connectivity index (χ2v) is 7.72. The quantitative estimate of drug-likeness (QED) is 0.632. The highest BCUT2D eigenvalue weighted by Crippen LogP contribution is 2.28. The van der Waals surface area contributed by atoms with Crippen LogP contribution in [0.25, 0.3) is 0 Å². The first-order chi connectivity index (χ1) is 9.11. The first-order valence-corrected chi connectivity index (χ1v) is 8.71. The third kappa shape index (κ3) is 2.59. The largest absolute Gasteiger partial charge is 0.479 e. The van der Waals surface area contributed by atoms with Gasteiger partial charge in [0.15, 0.2) is 0 Å². The van der Waals surface area contributed by atoms with Gasteiger partial charge in [0.25, 0.3) is 0 Å².